The number of ether oxygens (including phenoxy) is 2. The number of oxazole rings is 1. The van der Waals surface area contributed by atoms with Gasteiger partial charge in [-0.1, -0.05) is 42.5 Å². The maximum Gasteiger partial charge on any atom is 0.267 e. The smallest absolute Gasteiger partial charge is 0.267 e. The van der Waals surface area contributed by atoms with E-state index in [1.807, 2.05) is 72.8 Å². The molecule has 0 amide bonds. The van der Waals surface area contributed by atoms with Gasteiger partial charge in [0, 0.05) is 17.0 Å². The predicted molar refractivity (Wildman–Crippen MR) is 124 cm³/mol. The predicted octanol–water partition coefficient (Wildman–Crippen LogP) is 4.71. The van der Waals surface area contributed by atoms with Crippen LogP contribution in [0.2, 0.25) is 0 Å². The summed E-state index contributed by atoms with van der Waals surface area (Å²) in [6.45, 7) is 0.680. The molecule has 6 aromatic rings. The number of hydrogen-bond donors (Lipinski definition) is 1. The number of rotatable bonds is 7. The zero-order valence-electron chi connectivity index (χ0n) is 17.9. The van der Waals surface area contributed by atoms with Crippen molar-refractivity contribution in [3.8, 4) is 23.2 Å². The number of para-hydroxylation sites is 2. The van der Waals surface area contributed by atoms with Gasteiger partial charge in [0.25, 0.3) is 5.89 Å². The quantitative estimate of drug-likeness (QED) is 0.372. The zero-order valence-corrected chi connectivity index (χ0v) is 17.9. The summed E-state index contributed by atoms with van der Waals surface area (Å²) in [6.07, 6.45) is 0. The second-order valence-corrected chi connectivity index (χ2v) is 7.58. The van der Waals surface area contributed by atoms with Crippen LogP contribution in [-0.4, -0.2) is 30.6 Å². The largest absolute Gasteiger partial charge is 0.489 e. The zero-order chi connectivity index (χ0) is 22.7. The molecule has 0 radical (unpaired) electrons. The molecule has 0 aliphatic heterocycles. The van der Waals surface area contributed by atoms with E-state index >= 15 is 0 Å². The van der Waals surface area contributed by atoms with Crippen LogP contribution in [0.3, 0.4) is 0 Å². The number of tetrazole rings is 1. The third kappa shape index (κ3) is 4.02. The monoisotopic (exact) mass is 450 g/mol. The van der Waals surface area contributed by atoms with E-state index in [4.69, 9.17) is 13.9 Å². The van der Waals surface area contributed by atoms with Crippen molar-refractivity contribution < 1.29 is 13.9 Å². The highest BCUT2D eigenvalue weighted by Crippen LogP contribution is 2.26. The van der Waals surface area contributed by atoms with Gasteiger partial charge in [-0.25, -0.2) is 15.1 Å². The van der Waals surface area contributed by atoms with Crippen molar-refractivity contribution in [1.29, 1.82) is 0 Å². The van der Waals surface area contributed by atoms with Crippen LogP contribution in [0.15, 0.2) is 83.3 Å². The number of benzene rings is 3. The molecule has 0 saturated carbocycles. The Kier molecular flexibility index (Phi) is 5.04. The second-order valence-electron chi connectivity index (χ2n) is 7.58. The molecule has 0 spiro atoms. The topological polar surface area (TPSA) is 112 Å². The van der Waals surface area contributed by atoms with Crippen LogP contribution in [-0.2, 0) is 13.2 Å². The fraction of sp³-hybridized carbons (Fsp3) is 0.0800. The molecule has 0 saturated heterocycles. The van der Waals surface area contributed by atoms with Crippen LogP contribution in [0.5, 0.6) is 11.5 Å². The molecule has 3 aromatic heterocycles. The van der Waals surface area contributed by atoms with E-state index in [0.717, 1.165) is 22.2 Å². The third-order valence-electron chi connectivity index (χ3n) is 5.29. The average molecular weight is 450 g/mol. The van der Waals surface area contributed by atoms with Gasteiger partial charge in [-0.15, -0.1) is 5.10 Å². The summed E-state index contributed by atoms with van der Waals surface area (Å²) in [4.78, 5) is 9.17. The molecule has 166 valence electrons. The van der Waals surface area contributed by atoms with E-state index in [1.54, 1.807) is 0 Å². The fourth-order valence-corrected chi connectivity index (χ4v) is 3.63. The Bertz CT molecular complexity index is 1580. The number of hydrogen-bond acceptors (Lipinski definition) is 8. The van der Waals surface area contributed by atoms with Gasteiger partial charge in [-0.3, -0.25) is 0 Å². The van der Waals surface area contributed by atoms with Gasteiger partial charge in [0.1, 0.15) is 30.2 Å². The highest BCUT2D eigenvalue weighted by atomic mass is 16.5. The summed E-state index contributed by atoms with van der Waals surface area (Å²) < 4.78 is 17.7. The van der Waals surface area contributed by atoms with Crippen LogP contribution in [0.1, 0.15) is 11.3 Å². The molecule has 3 aromatic carbocycles. The summed E-state index contributed by atoms with van der Waals surface area (Å²) in [5, 5.41) is 14.7. The average Bonchev–Trinajstić information content (AvgIpc) is 3.57. The van der Waals surface area contributed by atoms with Crippen molar-refractivity contribution in [2.45, 2.75) is 13.2 Å². The van der Waals surface area contributed by atoms with E-state index in [2.05, 4.69) is 36.7 Å². The molecule has 6 rings (SSSR count). The first kappa shape index (κ1) is 19.9. The second kappa shape index (κ2) is 8.62. The van der Waals surface area contributed by atoms with Crippen molar-refractivity contribution in [3.63, 3.8) is 0 Å². The SMILES string of the molecule is c1cc(OCc2ccc3ccccc3n2)cc(OCc2cccc3oc(-c4nnn[nH]4)nc23)c1. The molecule has 0 unspecified atom stereocenters. The minimum Gasteiger partial charge on any atom is -0.489 e. The van der Waals surface area contributed by atoms with Crippen molar-refractivity contribution in [3.05, 3.63) is 90.1 Å². The van der Waals surface area contributed by atoms with E-state index in [0.29, 0.717) is 47.5 Å². The minimum atomic E-state index is 0.313. The van der Waals surface area contributed by atoms with Crippen molar-refractivity contribution in [2.75, 3.05) is 0 Å². The lowest BCUT2D eigenvalue weighted by Crippen LogP contribution is -2.00. The maximum atomic E-state index is 6.03. The van der Waals surface area contributed by atoms with Crippen LogP contribution in [0, 0.1) is 0 Å². The van der Waals surface area contributed by atoms with Gasteiger partial charge in [0.15, 0.2) is 5.58 Å². The number of aromatic amines is 1. The summed E-state index contributed by atoms with van der Waals surface area (Å²) in [7, 11) is 0. The number of fused-ring (bicyclic) bond motifs is 2. The Morgan fingerprint density at radius 1 is 0.794 bits per heavy atom. The first-order chi connectivity index (χ1) is 16.8. The number of nitrogens with one attached hydrogen (secondary N) is 1. The van der Waals surface area contributed by atoms with Gasteiger partial charge in [0.05, 0.1) is 11.2 Å². The lowest BCUT2D eigenvalue weighted by molar-refractivity contribution is 0.288. The Morgan fingerprint density at radius 2 is 1.65 bits per heavy atom. The molecule has 0 aliphatic carbocycles. The van der Waals surface area contributed by atoms with Gasteiger partial charge in [0.2, 0.25) is 5.82 Å². The number of H-pyrrole nitrogens is 1. The first-order valence-corrected chi connectivity index (χ1v) is 10.6. The molecular weight excluding hydrogens is 432 g/mol. The third-order valence-corrected chi connectivity index (χ3v) is 5.29. The number of aromatic nitrogens is 6. The lowest BCUT2D eigenvalue weighted by atomic mass is 10.2. The van der Waals surface area contributed by atoms with Crippen molar-refractivity contribution >= 4 is 22.0 Å². The van der Waals surface area contributed by atoms with Crippen molar-refractivity contribution in [1.82, 2.24) is 30.6 Å². The summed E-state index contributed by atoms with van der Waals surface area (Å²) >= 11 is 0. The molecule has 1 N–H and O–H groups in total. The minimum absolute atomic E-state index is 0.313. The van der Waals surface area contributed by atoms with Crippen LogP contribution < -0.4 is 9.47 Å². The molecule has 9 nitrogen and oxygen atoms in total. The molecular formula is C25H18N6O3. The Balaban J connectivity index is 1.15. The van der Waals surface area contributed by atoms with E-state index in [1.165, 1.54) is 0 Å². The molecule has 0 fully saturated rings. The summed E-state index contributed by atoms with van der Waals surface area (Å²) in [5.74, 6) is 2.08. The van der Waals surface area contributed by atoms with Gasteiger partial charge in [-0.2, -0.15) is 0 Å². The normalized spacial score (nSPS) is 11.2. The lowest BCUT2D eigenvalue weighted by Gasteiger charge is -2.10. The van der Waals surface area contributed by atoms with Gasteiger partial charge >= 0.3 is 0 Å². The Morgan fingerprint density at radius 3 is 2.53 bits per heavy atom. The van der Waals surface area contributed by atoms with Gasteiger partial charge in [-0.05, 0) is 40.8 Å². The van der Waals surface area contributed by atoms with Crippen LogP contribution >= 0.6 is 0 Å². The highest BCUT2D eigenvalue weighted by molar-refractivity contribution is 5.79. The molecule has 0 atom stereocenters. The Labute approximate surface area is 193 Å². The summed E-state index contributed by atoms with van der Waals surface area (Å²) in [5.41, 5.74) is 4.02. The van der Waals surface area contributed by atoms with Crippen LogP contribution in [0.25, 0.3) is 33.7 Å². The van der Waals surface area contributed by atoms with E-state index < -0.39 is 0 Å². The summed E-state index contributed by atoms with van der Waals surface area (Å²) in [6, 6.07) is 25.2. The number of nitrogens with zero attached hydrogens (tertiary/aromatic N) is 5. The molecule has 0 bridgehead atoms. The fourth-order valence-electron chi connectivity index (χ4n) is 3.63. The maximum absolute atomic E-state index is 6.03. The Hall–Kier alpha value is -4.79. The molecule has 9 heteroatoms. The van der Waals surface area contributed by atoms with Gasteiger partial charge < -0.3 is 13.9 Å². The molecule has 3 heterocycles. The van der Waals surface area contributed by atoms with E-state index in [-0.39, 0.29) is 0 Å². The van der Waals surface area contributed by atoms with Crippen molar-refractivity contribution in [2.24, 2.45) is 0 Å². The van der Waals surface area contributed by atoms with E-state index in [9.17, 15) is 0 Å². The standard InChI is InChI=1S/C25H18N6O3/c1-2-9-21-16(5-1)11-12-18(26-21)15-33-20-8-4-7-19(13-20)32-14-17-6-3-10-22-23(17)27-25(34-22)24-28-30-31-29-24/h1-13H,14-15H2,(H,28,29,30,31). The van der Waals surface area contributed by atoms with Crippen LogP contribution in [0.4, 0.5) is 0 Å². The molecule has 34 heavy (non-hydrogen) atoms. The first-order valence-electron chi connectivity index (χ1n) is 10.6. The number of pyridine rings is 1. The highest BCUT2D eigenvalue weighted by Gasteiger charge is 2.14. The molecule has 0 aliphatic rings.